The summed E-state index contributed by atoms with van der Waals surface area (Å²) in [6.45, 7) is 0. The Morgan fingerprint density at radius 3 is 2.63 bits per heavy atom. The van der Waals surface area contributed by atoms with Crippen molar-refractivity contribution in [2.75, 3.05) is 19.5 Å². The molecule has 4 rings (SSSR count). The molecule has 1 aliphatic heterocycles. The fraction of sp³-hybridized carbons (Fsp3) is 0.182. The highest BCUT2D eigenvalue weighted by atomic mass is 35.5. The summed E-state index contributed by atoms with van der Waals surface area (Å²) in [7, 11) is 3.16. The molecule has 0 unspecified atom stereocenters. The third-order valence-electron chi connectivity index (χ3n) is 4.70. The van der Waals surface area contributed by atoms with E-state index >= 15 is 0 Å². The highest BCUT2D eigenvalue weighted by molar-refractivity contribution is 7.98. The van der Waals surface area contributed by atoms with Crippen LogP contribution in [0.15, 0.2) is 48.5 Å². The zero-order valence-corrected chi connectivity index (χ0v) is 18.1. The van der Waals surface area contributed by atoms with E-state index in [0.717, 1.165) is 34.0 Å². The fourth-order valence-corrected chi connectivity index (χ4v) is 4.36. The average molecular weight is 442 g/mol. The molecule has 0 fully saturated rings. The summed E-state index contributed by atoms with van der Waals surface area (Å²) in [4.78, 5) is 12.7. The monoisotopic (exact) mass is 441 g/mol. The molecule has 2 heterocycles. The summed E-state index contributed by atoms with van der Waals surface area (Å²) in [6, 6.07) is 12.9. The second-order valence-electron chi connectivity index (χ2n) is 6.59. The highest BCUT2D eigenvalue weighted by Crippen LogP contribution is 2.36. The van der Waals surface area contributed by atoms with Gasteiger partial charge in [-0.3, -0.25) is 4.79 Å². The van der Waals surface area contributed by atoms with E-state index in [1.54, 1.807) is 54.9 Å². The minimum absolute atomic E-state index is 0.236. The fourth-order valence-electron chi connectivity index (χ4n) is 3.20. The second-order valence-corrected chi connectivity index (χ2v) is 8.01. The maximum Gasteiger partial charge on any atom is 0.249 e. The molecule has 154 valence electrons. The molecule has 1 amide bonds. The Morgan fingerprint density at radius 1 is 1.13 bits per heavy atom. The molecule has 3 aromatic rings. The molecular weight excluding hydrogens is 422 g/mol. The number of halogens is 1. The predicted octanol–water partition coefficient (Wildman–Crippen LogP) is 4.94. The van der Waals surface area contributed by atoms with E-state index in [-0.39, 0.29) is 5.91 Å². The molecule has 0 spiro atoms. The topological polar surface area (TPSA) is 65.4 Å². The standard InChI is InChI=1S/C22H20ClN3O3S/c1-28-19-9-3-14(11-20(19)29-2)4-10-21(27)24-22-17-12-30-13-18(17)25-26(22)16-7-5-15(23)6-8-16/h3-11H,12-13H2,1-2H3,(H,24,27). The van der Waals surface area contributed by atoms with Crippen molar-refractivity contribution in [2.45, 2.75) is 11.5 Å². The van der Waals surface area contributed by atoms with Crippen LogP contribution in [0, 0.1) is 0 Å². The minimum atomic E-state index is -0.236. The molecule has 2 aromatic carbocycles. The summed E-state index contributed by atoms with van der Waals surface area (Å²) in [5.41, 5.74) is 3.73. The van der Waals surface area contributed by atoms with Gasteiger partial charge in [-0.25, -0.2) is 4.68 Å². The number of aromatic nitrogens is 2. The van der Waals surface area contributed by atoms with Gasteiger partial charge in [0.05, 0.1) is 25.6 Å². The van der Waals surface area contributed by atoms with Crippen molar-refractivity contribution in [3.8, 4) is 17.2 Å². The first-order valence-corrected chi connectivity index (χ1v) is 10.8. The lowest BCUT2D eigenvalue weighted by atomic mass is 10.2. The van der Waals surface area contributed by atoms with Crippen molar-refractivity contribution < 1.29 is 14.3 Å². The number of nitrogens with one attached hydrogen (secondary N) is 1. The summed E-state index contributed by atoms with van der Waals surface area (Å²) in [5, 5.41) is 8.34. The number of methoxy groups -OCH3 is 2. The van der Waals surface area contributed by atoms with Gasteiger partial charge in [0.2, 0.25) is 5.91 Å². The number of rotatable bonds is 6. The summed E-state index contributed by atoms with van der Waals surface area (Å²) in [5.74, 6) is 3.35. The van der Waals surface area contributed by atoms with Crippen LogP contribution in [-0.2, 0) is 16.3 Å². The van der Waals surface area contributed by atoms with Crippen LogP contribution in [0.1, 0.15) is 16.8 Å². The zero-order valence-electron chi connectivity index (χ0n) is 16.5. The lowest BCUT2D eigenvalue weighted by Crippen LogP contribution is -2.13. The molecule has 0 atom stereocenters. The third kappa shape index (κ3) is 4.17. The molecule has 0 bridgehead atoms. The first-order chi connectivity index (χ1) is 14.6. The number of carbonyl (C=O) groups is 1. The third-order valence-corrected chi connectivity index (χ3v) is 5.92. The molecule has 0 radical (unpaired) electrons. The van der Waals surface area contributed by atoms with Gasteiger partial charge in [0.1, 0.15) is 5.82 Å². The van der Waals surface area contributed by atoms with Gasteiger partial charge in [-0.05, 0) is 48.0 Å². The van der Waals surface area contributed by atoms with Crippen LogP contribution in [0.5, 0.6) is 11.5 Å². The first-order valence-electron chi connectivity index (χ1n) is 9.24. The molecule has 0 saturated heterocycles. The van der Waals surface area contributed by atoms with Crippen LogP contribution in [0.25, 0.3) is 11.8 Å². The van der Waals surface area contributed by atoms with E-state index in [9.17, 15) is 4.79 Å². The molecule has 0 aliphatic carbocycles. The molecular formula is C22H20ClN3O3S. The number of carbonyl (C=O) groups excluding carboxylic acids is 1. The van der Waals surface area contributed by atoms with Crippen molar-refractivity contribution >= 4 is 41.2 Å². The number of thioether (sulfide) groups is 1. The number of fused-ring (bicyclic) bond motifs is 1. The number of hydrogen-bond donors (Lipinski definition) is 1. The van der Waals surface area contributed by atoms with Gasteiger partial charge >= 0.3 is 0 Å². The number of benzene rings is 2. The van der Waals surface area contributed by atoms with Crippen LogP contribution in [0.3, 0.4) is 0 Å². The van der Waals surface area contributed by atoms with Crippen LogP contribution < -0.4 is 14.8 Å². The lowest BCUT2D eigenvalue weighted by Gasteiger charge is -2.10. The van der Waals surface area contributed by atoms with E-state index in [2.05, 4.69) is 10.4 Å². The molecule has 8 heteroatoms. The number of hydrogen-bond acceptors (Lipinski definition) is 5. The Morgan fingerprint density at radius 2 is 1.90 bits per heavy atom. The molecule has 6 nitrogen and oxygen atoms in total. The van der Waals surface area contributed by atoms with Gasteiger partial charge < -0.3 is 14.8 Å². The Bertz CT molecular complexity index is 1110. The number of amides is 1. The van der Waals surface area contributed by atoms with Crippen LogP contribution >= 0.6 is 23.4 Å². The number of anilines is 1. The summed E-state index contributed by atoms with van der Waals surface area (Å²) < 4.78 is 12.3. The van der Waals surface area contributed by atoms with E-state index in [0.29, 0.717) is 22.3 Å². The van der Waals surface area contributed by atoms with Gasteiger partial charge in [0.25, 0.3) is 0 Å². The van der Waals surface area contributed by atoms with Gasteiger partial charge in [-0.2, -0.15) is 16.9 Å². The highest BCUT2D eigenvalue weighted by Gasteiger charge is 2.24. The smallest absolute Gasteiger partial charge is 0.249 e. The number of ether oxygens (including phenoxy) is 2. The summed E-state index contributed by atoms with van der Waals surface area (Å²) in [6.07, 6.45) is 3.23. The molecule has 1 N–H and O–H groups in total. The van der Waals surface area contributed by atoms with Crippen molar-refractivity contribution in [3.05, 3.63) is 70.4 Å². The van der Waals surface area contributed by atoms with Crippen LogP contribution in [0.4, 0.5) is 5.82 Å². The van der Waals surface area contributed by atoms with Gasteiger partial charge in [-0.1, -0.05) is 17.7 Å². The quantitative estimate of drug-likeness (QED) is 0.549. The average Bonchev–Trinajstić information content (AvgIpc) is 3.35. The maximum atomic E-state index is 12.7. The number of nitrogens with zero attached hydrogens (tertiary/aromatic N) is 2. The molecule has 30 heavy (non-hydrogen) atoms. The normalized spacial score (nSPS) is 12.8. The van der Waals surface area contributed by atoms with Crippen molar-refractivity contribution in [3.63, 3.8) is 0 Å². The second kappa shape index (κ2) is 8.85. The van der Waals surface area contributed by atoms with Gasteiger partial charge in [-0.15, -0.1) is 0 Å². The van der Waals surface area contributed by atoms with E-state index in [1.165, 1.54) is 6.08 Å². The largest absolute Gasteiger partial charge is 0.493 e. The first kappa shape index (κ1) is 20.4. The minimum Gasteiger partial charge on any atom is -0.493 e. The van der Waals surface area contributed by atoms with Crippen molar-refractivity contribution in [1.82, 2.24) is 9.78 Å². The van der Waals surface area contributed by atoms with E-state index < -0.39 is 0 Å². The maximum absolute atomic E-state index is 12.7. The predicted molar refractivity (Wildman–Crippen MR) is 121 cm³/mol. The van der Waals surface area contributed by atoms with Gasteiger partial charge in [0.15, 0.2) is 11.5 Å². The SMILES string of the molecule is COc1ccc(C=CC(=O)Nc2c3c(nn2-c2ccc(Cl)cc2)CSC3)cc1OC. The van der Waals surface area contributed by atoms with E-state index in [1.807, 2.05) is 24.3 Å². The van der Waals surface area contributed by atoms with Crippen molar-refractivity contribution in [1.29, 1.82) is 0 Å². The Labute approximate surface area is 183 Å². The van der Waals surface area contributed by atoms with Gasteiger partial charge in [0, 0.05) is 28.2 Å². The zero-order chi connectivity index (χ0) is 21.1. The van der Waals surface area contributed by atoms with E-state index in [4.69, 9.17) is 21.1 Å². The Balaban J connectivity index is 1.58. The van der Waals surface area contributed by atoms with Crippen LogP contribution in [-0.4, -0.2) is 29.9 Å². The molecule has 1 aliphatic rings. The molecule has 0 saturated carbocycles. The van der Waals surface area contributed by atoms with Crippen LogP contribution in [0.2, 0.25) is 5.02 Å². The Hall–Kier alpha value is -2.90. The van der Waals surface area contributed by atoms with Crippen molar-refractivity contribution in [2.24, 2.45) is 0 Å². The lowest BCUT2D eigenvalue weighted by molar-refractivity contribution is -0.111. The molecule has 1 aromatic heterocycles. The summed E-state index contributed by atoms with van der Waals surface area (Å²) >= 11 is 7.79. The Kier molecular flexibility index (Phi) is 6.01.